The maximum atomic E-state index is 5.44. The Hall–Kier alpha value is -2.31. The van der Waals surface area contributed by atoms with Gasteiger partial charge in [0, 0.05) is 44.8 Å². The summed E-state index contributed by atoms with van der Waals surface area (Å²) in [6.07, 6.45) is 2.74. The van der Waals surface area contributed by atoms with E-state index in [1.807, 2.05) is 18.2 Å². The highest BCUT2D eigenvalue weighted by atomic mass is 16.5. The van der Waals surface area contributed by atoms with Crippen LogP contribution in [0.2, 0.25) is 0 Å². The van der Waals surface area contributed by atoms with E-state index in [9.17, 15) is 0 Å². The minimum absolute atomic E-state index is 0.726. The Morgan fingerprint density at radius 1 is 0.793 bits per heavy atom. The minimum atomic E-state index is 0.726. The molecule has 0 aliphatic carbocycles. The van der Waals surface area contributed by atoms with Crippen LogP contribution in [0, 0.1) is 0 Å². The van der Waals surface area contributed by atoms with Crippen LogP contribution in [0.5, 0.6) is 11.5 Å². The molecule has 156 valence electrons. The summed E-state index contributed by atoms with van der Waals surface area (Å²) in [5, 5.41) is 0. The number of likely N-dealkylation sites (tertiary alicyclic amines) is 1. The van der Waals surface area contributed by atoms with Crippen molar-refractivity contribution in [2.24, 2.45) is 0 Å². The Bertz CT molecular complexity index is 799. The van der Waals surface area contributed by atoms with Crippen molar-refractivity contribution in [3.63, 3.8) is 0 Å². The lowest BCUT2D eigenvalue weighted by atomic mass is 10.1. The van der Waals surface area contributed by atoms with Crippen molar-refractivity contribution in [2.45, 2.75) is 12.8 Å². The molecule has 2 aromatic rings. The van der Waals surface area contributed by atoms with E-state index in [0.29, 0.717) is 0 Å². The van der Waals surface area contributed by atoms with Crippen molar-refractivity contribution in [3.8, 4) is 22.8 Å². The minimum Gasteiger partial charge on any atom is -0.493 e. The van der Waals surface area contributed by atoms with E-state index in [0.717, 1.165) is 54.8 Å². The third kappa shape index (κ3) is 4.82. The molecule has 6 heteroatoms. The number of aromatic nitrogens is 1. The first-order valence-corrected chi connectivity index (χ1v) is 10.7. The summed E-state index contributed by atoms with van der Waals surface area (Å²) >= 11 is 0. The lowest BCUT2D eigenvalue weighted by molar-refractivity contribution is 0.215. The topological polar surface area (TPSA) is 41.1 Å². The predicted molar refractivity (Wildman–Crippen MR) is 117 cm³/mol. The summed E-state index contributed by atoms with van der Waals surface area (Å²) in [5.74, 6) is 2.51. The molecule has 1 aromatic carbocycles. The highest BCUT2D eigenvalue weighted by Gasteiger charge is 2.20. The van der Waals surface area contributed by atoms with E-state index in [-0.39, 0.29) is 0 Å². The number of anilines is 1. The van der Waals surface area contributed by atoms with E-state index in [1.165, 1.54) is 39.0 Å². The third-order valence-electron chi connectivity index (χ3n) is 6.04. The van der Waals surface area contributed by atoms with Crippen LogP contribution in [-0.4, -0.2) is 81.4 Å². The molecule has 0 amide bonds. The average Bonchev–Trinajstić information content (AvgIpc) is 3.31. The molecule has 0 spiro atoms. The molecule has 6 nitrogen and oxygen atoms in total. The summed E-state index contributed by atoms with van der Waals surface area (Å²) in [4.78, 5) is 12.5. The first-order chi connectivity index (χ1) is 14.3. The Kier molecular flexibility index (Phi) is 6.52. The lowest BCUT2D eigenvalue weighted by Crippen LogP contribution is -2.48. The van der Waals surface area contributed by atoms with E-state index < -0.39 is 0 Å². The number of hydrogen-bond acceptors (Lipinski definition) is 6. The van der Waals surface area contributed by atoms with Gasteiger partial charge in [0.15, 0.2) is 11.5 Å². The number of rotatable bonds is 7. The molecule has 0 N–H and O–H groups in total. The Balaban J connectivity index is 1.38. The van der Waals surface area contributed by atoms with Gasteiger partial charge in [-0.1, -0.05) is 6.07 Å². The summed E-state index contributed by atoms with van der Waals surface area (Å²) in [5.41, 5.74) is 1.99. The Morgan fingerprint density at radius 3 is 2.17 bits per heavy atom. The molecule has 0 unspecified atom stereocenters. The van der Waals surface area contributed by atoms with Gasteiger partial charge in [-0.25, -0.2) is 4.98 Å². The van der Waals surface area contributed by atoms with E-state index in [4.69, 9.17) is 14.5 Å². The molecule has 2 saturated heterocycles. The van der Waals surface area contributed by atoms with Crippen molar-refractivity contribution < 1.29 is 9.47 Å². The smallest absolute Gasteiger partial charge is 0.161 e. The summed E-state index contributed by atoms with van der Waals surface area (Å²) in [7, 11) is 3.32. The van der Waals surface area contributed by atoms with Crippen LogP contribution in [0.1, 0.15) is 12.8 Å². The van der Waals surface area contributed by atoms with Gasteiger partial charge in [0.1, 0.15) is 5.82 Å². The van der Waals surface area contributed by atoms with E-state index >= 15 is 0 Å². The first kappa shape index (κ1) is 20.0. The fourth-order valence-electron chi connectivity index (χ4n) is 4.25. The molecule has 0 bridgehead atoms. The highest BCUT2D eigenvalue weighted by molar-refractivity contribution is 5.65. The SMILES string of the molecule is COc1ccc(-c2cccc(N3CCN(CCN4CCCC4)CC3)n2)cc1OC. The van der Waals surface area contributed by atoms with Gasteiger partial charge in [-0.05, 0) is 56.3 Å². The zero-order valence-electron chi connectivity index (χ0n) is 17.6. The number of benzene rings is 1. The molecule has 0 atom stereocenters. The van der Waals surface area contributed by atoms with Crippen LogP contribution in [0.15, 0.2) is 36.4 Å². The predicted octanol–water partition coefficient (Wildman–Crippen LogP) is 2.98. The van der Waals surface area contributed by atoms with Crippen molar-refractivity contribution in [3.05, 3.63) is 36.4 Å². The molecule has 2 fully saturated rings. The van der Waals surface area contributed by atoms with Crippen molar-refractivity contribution in [2.75, 3.05) is 71.5 Å². The van der Waals surface area contributed by atoms with Gasteiger partial charge >= 0.3 is 0 Å². The second kappa shape index (κ2) is 9.46. The quantitative estimate of drug-likeness (QED) is 0.717. The fourth-order valence-corrected chi connectivity index (χ4v) is 4.25. The van der Waals surface area contributed by atoms with Crippen molar-refractivity contribution >= 4 is 5.82 Å². The van der Waals surface area contributed by atoms with Crippen LogP contribution in [0.3, 0.4) is 0 Å². The highest BCUT2D eigenvalue weighted by Crippen LogP contribution is 2.32. The number of methoxy groups -OCH3 is 2. The zero-order valence-corrected chi connectivity index (χ0v) is 17.6. The van der Waals surface area contributed by atoms with Crippen LogP contribution < -0.4 is 14.4 Å². The Labute approximate surface area is 174 Å². The molecule has 29 heavy (non-hydrogen) atoms. The van der Waals surface area contributed by atoms with Crippen LogP contribution in [0.4, 0.5) is 5.82 Å². The van der Waals surface area contributed by atoms with Crippen LogP contribution in [-0.2, 0) is 0 Å². The molecule has 0 saturated carbocycles. The van der Waals surface area contributed by atoms with Gasteiger partial charge in [-0.3, -0.25) is 4.90 Å². The summed E-state index contributed by atoms with van der Waals surface area (Å²) in [6, 6.07) is 12.2. The summed E-state index contributed by atoms with van der Waals surface area (Å²) < 4.78 is 10.8. The Morgan fingerprint density at radius 2 is 1.48 bits per heavy atom. The van der Waals surface area contributed by atoms with Gasteiger partial charge < -0.3 is 19.3 Å². The van der Waals surface area contributed by atoms with Crippen molar-refractivity contribution in [1.82, 2.24) is 14.8 Å². The molecule has 4 rings (SSSR count). The maximum Gasteiger partial charge on any atom is 0.161 e. The van der Waals surface area contributed by atoms with E-state index in [1.54, 1.807) is 14.2 Å². The largest absolute Gasteiger partial charge is 0.493 e. The number of pyridine rings is 1. The lowest BCUT2D eigenvalue weighted by Gasteiger charge is -2.36. The van der Waals surface area contributed by atoms with Gasteiger partial charge in [0.2, 0.25) is 0 Å². The molecule has 0 radical (unpaired) electrons. The molecule has 2 aliphatic heterocycles. The second-order valence-corrected chi connectivity index (χ2v) is 7.83. The zero-order chi connectivity index (χ0) is 20.1. The fraction of sp³-hybridized carbons (Fsp3) is 0.522. The van der Waals surface area contributed by atoms with Gasteiger partial charge in [-0.15, -0.1) is 0 Å². The summed E-state index contributed by atoms with van der Waals surface area (Å²) in [6.45, 7) is 9.25. The number of hydrogen-bond donors (Lipinski definition) is 0. The van der Waals surface area contributed by atoms with E-state index in [2.05, 4.69) is 32.9 Å². The molecule has 1 aromatic heterocycles. The third-order valence-corrected chi connectivity index (χ3v) is 6.04. The van der Waals surface area contributed by atoms with Gasteiger partial charge in [0.25, 0.3) is 0 Å². The number of nitrogens with zero attached hydrogens (tertiary/aromatic N) is 4. The molecular formula is C23H32N4O2. The standard InChI is InChI=1S/C23H32N4O2/c1-28-21-9-8-19(18-22(21)29-2)20-6-5-7-23(24-20)27-16-14-26(15-17-27)13-12-25-10-3-4-11-25/h5-9,18H,3-4,10-17H2,1-2H3. The first-order valence-electron chi connectivity index (χ1n) is 10.7. The van der Waals surface area contributed by atoms with Crippen molar-refractivity contribution in [1.29, 1.82) is 0 Å². The normalized spacial score (nSPS) is 18.2. The average molecular weight is 397 g/mol. The number of ether oxygens (including phenoxy) is 2. The maximum absolute atomic E-state index is 5.44. The van der Waals surface area contributed by atoms with Gasteiger partial charge in [0.05, 0.1) is 19.9 Å². The second-order valence-electron chi connectivity index (χ2n) is 7.83. The number of piperazine rings is 1. The monoisotopic (exact) mass is 396 g/mol. The van der Waals surface area contributed by atoms with Gasteiger partial charge in [-0.2, -0.15) is 0 Å². The molecule has 3 heterocycles. The molecular weight excluding hydrogens is 364 g/mol. The van der Waals surface area contributed by atoms with Crippen LogP contribution in [0.25, 0.3) is 11.3 Å². The van der Waals surface area contributed by atoms with Crippen LogP contribution >= 0.6 is 0 Å². The molecule has 2 aliphatic rings.